The average Bonchev–Trinajstić information content (AvgIpc) is 3.21. The fourth-order valence-electron chi connectivity index (χ4n) is 3.46. The zero-order valence-electron chi connectivity index (χ0n) is 17.0. The predicted octanol–water partition coefficient (Wildman–Crippen LogP) is 2.21. The molecule has 2 N–H and O–H groups in total. The smallest absolute Gasteiger partial charge is 0.208 e. The molecule has 1 aliphatic heterocycles. The maximum absolute atomic E-state index is 5.71. The number of guanidine groups is 1. The van der Waals surface area contributed by atoms with Crippen molar-refractivity contribution in [3.05, 3.63) is 41.4 Å². The quantitative estimate of drug-likeness (QED) is 0.601. The molecule has 0 saturated carbocycles. The fourth-order valence-corrected chi connectivity index (χ4v) is 3.46. The Morgan fingerprint density at radius 3 is 2.67 bits per heavy atom. The molecular formula is C20H32N6O. The number of rotatable bonds is 6. The lowest BCUT2D eigenvalue weighted by molar-refractivity contribution is 0.164. The normalized spacial score (nSPS) is 16.7. The van der Waals surface area contributed by atoms with E-state index in [1.54, 1.807) is 0 Å². The van der Waals surface area contributed by atoms with Crippen molar-refractivity contribution in [1.82, 2.24) is 25.1 Å². The highest BCUT2D eigenvalue weighted by atomic mass is 16.4. The maximum Gasteiger partial charge on any atom is 0.208 e. The van der Waals surface area contributed by atoms with Crippen LogP contribution in [0.4, 0.5) is 0 Å². The molecule has 1 saturated heterocycles. The summed E-state index contributed by atoms with van der Waals surface area (Å²) in [7, 11) is 3.86. The van der Waals surface area contributed by atoms with Crippen LogP contribution in [0.25, 0.3) is 0 Å². The Labute approximate surface area is 161 Å². The van der Waals surface area contributed by atoms with Gasteiger partial charge in [-0.25, -0.2) is 4.98 Å². The van der Waals surface area contributed by atoms with E-state index >= 15 is 0 Å². The maximum atomic E-state index is 5.71. The second kappa shape index (κ2) is 9.08. The second-order valence-corrected chi connectivity index (χ2v) is 7.46. The van der Waals surface area contributed by atoms with Crippen LogP contribution in [0.3, 0.4) is 0 Å². The van der Waals surface area contributed by atoms with E-state index in [-0.39, 0.29) is 0 Å². The molecule has 3 rings (SSSR count). The minimum atomic E-state index is 0.671. The van der Waals surface area contributed by atoms with Crippen LogP contribution in [-0.2, 0) is 20.1 Å². The lowest BCUT2D eigenvalue weighted by Crippen LogP contribution is -2.42. The summed E-state index contributed by atoms with van der Waals surface area (Å²) in [5.41, 5.74) is 2.25. The van der Waals surface area contributed by atoms with Gasteiger partial charge in [0.2, 0.25) is 5.89 Å². The highest BCUT2D eigenvalue weighted by molar-refractivity contribution is 5.79. The van der Waals surface area contributed by atoms with Crippen LogP contribution in [-0.4, -0.2) is 47.1 Å². The van der Waals surface area contributed by atoms with Gasteiger partial charge in [-0.15, -0.1) is 0 Å². The van der Waals surface area contributed by atoms with Gasteiger partial charge in [-0.2, -0.15) is 0 Å². The molecular weight excluding hydrogens is 340 g/mol. The third-order valence-electron chi connectivity index (χ3n) is 5.27. The Hall–Kier alpha value is -2.28. The summed E-state index contributed by atoms with van der Waals surface area (Å²) in [5, 5.41) is 6.86. The van der Waals surface area contributed by atoms with Crippen LogP contribution in [0, 0.1) is 19.8 Å². The minimum Gasteiger partial charge on any atom is -0.444 e. The third kappa shape index (κ3) is 5.60. The Morgan fingerprint density at radius 2 is 2.07 bits per heavy atom. The molecule has 0 atom stereocenters. The number of hydrogen-bond acceptors (Lipinski definition) is 4. The highest BCUT2D eigenvalue weighted by Gasteiger charge is 2.21. The Morgan fingerprint density at radius 1 is 1.30 bits per heavy atom. The van der Waals surface area contributed by atoms with E-state index in [9.17, 15) is 0 Å². The number of aromatic nitrogens is 2. The summed E-state index contributed by atoms with van der Waals surface area (Å²) >= 11 is 0. The molecule has 1 fully saturated rings. The van der Waals surface area contributed by atoms with Crippen molar-refractivity contribution in [2.45, 2.75) is 39.8 Å². The van der Waals surface area contributed by atoms with Crippen molar-refractivity contribution >= 4 is 5.96 Å². The number of piperidine rings is 1. The van der Waals surface area contributed by atoms with Crippen molar-refractivity contribution in [3.63, 3.8) is 0 Å². The molecule has 0 aliphatic carbocycles. The first-order valence-corrected chi connectivity index (χ1v) is 9.74. The molecule has 0 spiro atoms. The topological polar surface area (TPSA) is 70.6 Å². The lowest BCUT2D eigenvalue weighted by Gasteiger charge is -2.31. The van der Waals surface area contributed by atoms with Gasteiger partial charge in [-0.1, -0.05) is 0 Å². The van der Waals surface area contributed by atoms with Crippen LogP contribution in [0.15, 0.2) is 27.9 Å². The Bertz CT molecular complexity index is 735. The van der Waals surface area contributed by atoms with E-state index < -0.39 is 0 Å². The molecule has 1 aliphatic rings. The molecule has 27 heavy (non-hydrogen) atoms. The van der Waals surface area contributed by atoms with Gasteiger partial charge in [0.15, 0.2) is 5.96 Å². The van der Waals surface area contributed by atoms with Gasteiger partial charge in [-0.3, -0.25) is 9.89 Å². The number of nitrogens with zero attached hydrogens (tertiary/aromatic N) is 4. The largest absolute Gasteiger partial charge is 0.444 e. The number of aliphatic imine (C=N–C) groups is 1. The molecule has 0 amide bonds. The first-order valence-electron chi connectivity index (χ1n) is 9.74. The minimum absolute atomic E-state index is 0.671. The molecule has 0 radical (unpaired) electrons. The van der Waals surface area contributed by atoms with E-state index in [4.69, 9.17) is 4.42 Å². The zero-order valence-corrected chi connectivity index (χ0v) is 17.0. The summed E-state index contributed by atoms with van der Waals surface area (Å²) in [6, 6.07) is 2.12. The van der Waals surface area contributed by atoms with E-state index in [2.05, 4.69) is 48.5 Å². The summed E-state index contributed by atoms with van der Waals surface area (Å²) in [5.74, 6) is 3.31. The zero-order chi connectivity index (χ0) is 19.2. The molecule has 3 heterocycles. The molecule has 0 unspecified atom stereocenters. The second-order valence-electron chi connectivity index (χ2n) is 7.46. The van der Waals surface area contributed by atoms with Crippen molar-refractivity contribution in [2.75, 3.05) is 26.7 Å². The van der Waals surface area contributed by atoms with Crippen LogP contribution in [0.2, 0.25) is 0 Å². The van der Waals surface area contributed by atoms with Gasteiger partial charge in [0.25, 0.3) is 0 Å². The standard InChI is InChI=1S/C20H32N6O/c1-15-16(2)27-19(24-15)14-26-9-6-17(7-10-26)11-22-20(21-3)23-12-18-5-8-25(4)13-18/h5,8,13,17H,6-7,9-12,14H2,1-4H3,(H2,21,22,23). The third-order valence-corrected chi connectivity index (χ3v) is 5.27. The van der Waals surface area contributed by atoms with Crippen LogP contribution in [0.5, 0.6) is 0 Å². The summed E-state index contributed by atoms with van der Waals surface area (Å²) in [6.45, 7) is 8.70. The van der Waals surface area contributed by atoms with E-state index in [0.717, 1.165) is 56.0 Å². The van der Waals surface area contributed by atoms with E-state index in [0.29, 0.717) is 5.92 Å². The van der Waals surface area contributed by atoms with E-state index in [1.165, 1.54) is 18.4 Å². The Kier molecular flexibility index (Phi) is 6.55. The van der Waals surface area contributed by atoms with Gasteiger partial charge < -0.3 is 19.6 Å². The Balaban J connectivity index is 1.36. The van der Waals surface area contributed by atoms with Gasteiger partial charge in [0, 0.05) is 39.6 Å². The number of aryl methyl sites for hydroxylation is 3. The van der Waals surface area contributed by atoms with Gasteiger partial charge in [0.1, 0.15) is 5.76 Å². The van der Waals surface area contributed by atoms with Crippen LogP contribution < -0.4 is 10.6 Å². The molecule has 2 aromatic rings. The van der Waals surface area contributed by atoms with Gasteiger partial charge in [0.05, 0.1) is 12.2 Å². The summed E-state index contributed by atoms with van der Waals surface area (Å²) in [6.07, 6.45) is 6.54. The number of likely N-dealkylation sites (tertiary alicyclic amines) is 1. The highest BCUT2D eigenvalue weighted by Crippen LogP contribution is 2.19. The van der Waals surface area contributed by atoms with Gasteiger partial charge >= 0.3 is 0 Å². The first-order chi connectivity index (χ1) is 13.0. The van der Waals surface area contributed by atoms with Crippen LogP contribution in [0.1, 0.15) is 35.7 Å². The monoisotopic (exact) mass is 372 g/mol. The molecule has 7 nitrogen and oxygen atoms in total. The number of oxazole rings is 1. The predicted molar refractivity (Wildman–Crippen MR) is 108 cm³/mol. The lowest BCUT2D eigenvalue weighted by atomic mass is 9.97. The summed E-state index contributed by atoms with van der Waals surface area (Å²) < 4.78 is 7.77. The average molecular weight is 373 g/mol. The number of nitrogens with one attached hydrogen (secondary N) is 2. The van der Waals surface area contributed by atoms with Gasteiger partial charge in [-0.05, 0) is 57.3 Å². The van der Waals surface area contributed by atoms with Crippen LogP contribution >= 0.6 is 0 Å². The fraction of sp³-hybridized carbons (Fsp3) is 0.600. The van der Waals surface area contributed by atoms with Crippen molar-refractivity contribution in [2.24, 2.45) is 18.0 Å². The molecule has 0 bridgehead atoms. The van der Waals surface area contributed by atoms with Crippen molar-refractivity contribution in [1.29, 1.82) is 0 Å². The van der Waals surface area contributed by atoms with Crippen molar-refractivity contribution in [3.8, 4) is 0 Å². The molecule has 7 heteroatoms. The summed E-state index contributed by atoms with van der Waals surface area (Å²) in [4.78, 5) is 11.3. The van der Waals surface area contributed by atoms with Crippen molar-refractivity contribution < 1.29 is 4.42 Å². The SMILES string of the molecule is CN=C(NCc1ccn(C)c1)NCC1CCN(Cc2nc(C)c(C)o2)CC1. The molecule has 2 aromatic heterocycles. The first kappa shape index (κ1) is 19.5. The van der Waals surface area contributed by atoms with E-state index in [1.807, 2.05) is 27.9 Å². The number of hydrogen-bond donors (Lipinski definition) is 2. The molecule has 148 valence electrons. The molecule has 0 aromatic carbocycles.